The first-order valence-corrected chi connectivity index (χ1v) is 9.53. The van der Waals surface area contributed by atoms with Crippen LogP contribution in [-0.4, -0.2) is 16.8 Å². The molecule has 0 spiro atoms. The molecule has 0 unspecified atom stereocenters. The second kappa shape index (κ2) is 8.60. The second-order valence-corrected chi connectivity index (χ2v) is 7.14. The van der Waals surface area contributed by atoms with Gasteiger partial charge in [0, 0.05) is 30.1 Å². The van der Waals surface area contributed by atoms with Crippen molar-refractivity contribution in [3.05, 3.63) is 70.7 Å². The predicted molar refractivity (Wildman–Crippen MR) is 109 cm³/mol. The first-order valence-electron chi connectivity index (χ1n) is 8.65. The molecule has 0 saturated heterocycles. The molecule has 0 fully saturated rings. The van der Waals surface area contributed by atoms with Crippen molar-refractivity contribution in [2.75, 3.05) is 5.32 Å². The summed E-state index contributed by atoms with van der Waals surface area (Å²) in [6.07, 6.45) is 0.256. The van der Waals surface area contributed by atoms with Crippen LogP contribution in [0.1, 0.15) is 23.7 Å². The normalized spacial score (nSPS) is 10.4. The molecule has 3 aromatic rings. The summed E-state index contributed by atoms with van der Waals surface area (Å²) < 4.78 is 0. The van der Waals surface area contributed by atoms with Gasteiger partial charge >= 0.3 is 0 Å². The fourth-order valence-corrected chi connectivity index (χ4v) is 3.48. The van der Waals surface area contributed by atoms with Crippen molar-refractivity contribution in [3.63, 3.8) is 0 Å². The van der Waals surface area contributed by atoms with Crippen molar-refractivity contribution in [1.82, 2.24) is 10.3 Å². The van der Waals surface area contributed by atoms with Gasteiger partial charge in [0.25, 0.3) is 0 Å². The van der Waals surface area contributed by atoms with Crippen LogP contribution in [0.15, 0.2) is 53.9 Å². The minimum absolute atomic E-state index is 0.0453. The van der Waals surface area contributed by atoms with Crippen LogP contribution in [-0.2, 0) is 22.6 Å². The minimum Gasteiger partial charge on any atom is -0.352 e. The topological polar surface area (TPSA) is 71.1 Å². The van der Waals surface area contributed by atoms with Crippen molar-refractivity contribution in [1.29, 1.82) is 0 Å². The molecule has 138 valence electrons. The van der Waals surface area contributed by atoms with Crippen molar-refractivity contribution < 1.29 is 9.59 Å². The van der Waals surface area contributed by atoms with Gasteiger partial charge in [-0.25, -0.2) is 4.98 Å². The Kier molecular flexibility index (Phi) is 5.98. The third-order valence-corrected chi connectivity index (χ3v) is 5.02. The fourth-order valence-electron chi connectivity index (χ4n) is 2.65. The maximum absolute atomic E-state index is 12.2. The number of thiazole rings is 1. The summed E-state index contributed by atoms with van der Waals surface area (Å²) in [6, 6.07) is 15.5. The van der Waals surface area contributed by atoms with Crippen molar-refractivity contribution >= 4 is 28.8 Å². The van der Waals surface area contributed by atoms with E-state index >= 15 is 0 Å². The highest BCUT2D eigenvalue weighted by atomic mass is 32.1. The molecule has 6 heteroatoms. The van der Waals surface area contributed by atoms with Gasteiger partial charge in [0.15, 0.2) is 0 Å². The number of anilines is 1. The van der Waals surface area contributed by atoms with Crippen LogP contribution in [0.2, 0.25) is 0 Å². The molecule has 2 aromatic carbocycles. The maximum atomic E-state index is 12.2. The Morgan fingerprint density at radius 3 is 2.52 bits per heavy atom. The molecule has 0 atom stereocenters. The monoisotopic (exact) mass is 379 g/mol. The average Bonchev–Trinajstić information content (AvgIpc) is 3.09. The van der Waals surface area contributed by atoms with Crippen LogP contribution >= 0.6 is 11.3 Å². The number of aromatic nitrogens is 1. The quantitative estimate of drug-likeness (QED) is 0.682. The Hall–Kier alpha value is -2.99. The molecule has 0 aliphatic carbocycles. The van der Waals surface area contributed by atoms with Gasteiger partial charge in [-0.3, -0.25) is 9.59 Å². The Morgan fingerprint density at radius 1 is 1.07 bits per heavy atom. The summed E-state index contributed by atoms with van der Waals surface area (Å²) in [5, 5.41) is 8.45. The van der Waals surface area contributed by atoms with Crippen molar-refractivity contribution in [2.45, 2.75) is 26.8 Å². The zero-order valence-electron chi connectivity index (χ0n) is 15.3. The lowest BCUT2D eigenvalue weighted by Gasteiger charge is -2.07. The van der Waals surface area contributed by atoms with E-state index in [-0.39, 0.29) is 18.2 Å². The summed E-state index contributed by atoms with van der Waals surface area (Å²) in [5.41, 5.74) is 4.74. The van der Waals surface area contributed by atoms with E-state index < -0.39 is 0 Å². The van der Waals surface area contributed by atoms with Crippen molar-refractivity contribution in [3.8, 4) is 10.6 Å². The van der Waals surface area contributed by atoms with E-state index in [2.05, 4.69) is 15.6 Å². The molecule has 1 heterocycles. The Balaban J connectivity index is 1.58. The van der Waals surface area contributed by atoms with Gasteiger partial charge in [-0.1, -0.05) is 24.3 Å². The molecule has 0 bridgehead atoms. The van der Waals surface area contributed by atoms with Crippen LogP contribution in [0, 0.1) is 6.92 Å². The standard InChI is InChI=1S/C21H21N3O2S/c1-14-5-3-4-6-17(14)12-22-20(26)11-19-13-27-21(24-19)16-7-9-18(10-8-16)23-15(2)25/h3-10,13H,11-12H2,1-2H3,(H,22,26)(H,23,25). The Morgan fingerprint density at radius 2 is 1.81 bits per heavy atom. The molecule has 0 saturated carbocycles. The van der Waals surface area contributed by atoms with Gasteiger partial charge in [0.1, 0.15) is 5.01 Å². The summed E-state index contributed by atoms with van der Waals surface area (Å²) in [7, 11) is 0. The molecule has 0 aliphatic heterocycles. The van der Waals surface area contributed by atoms with Crippen LogP contribution in [0.25, 0.3) is 10.6 Å². The molecule has 0 aliphatic rings. The third kappa shape index (κ3) is 5.24. The smallest absolute Gasteiger partial charge is 0.226 e. The van der Waals surface area contributed by atoms with Gasteiger partial charge in [0.2, 0.25) is 11.8 Å². The highest BCUT2D eigenvalue weighted by Crippen LogP contribution is 2.25. The number of hydrogen-bond acceptors (Lipinski definition) is 4. The molecule has 5 nitrogen and oxygen atoms in total. The molecular weight excluding hydrogens is 358 g/mol. The van der Waals surface area contributed by atoms with Gasteiger partial charge in [-0.05, 0) is 42.3 Å². The van der Waals surface area contributed by atoms with Gasteiger partial charge in [-0.15, -0.1) is 11.3 Å². The summed E-state index contributed by atoms with van der Waals surface area (Å²) in [6.45, 7) is 4.03. The molecule has 2 N–H and O–H groups in total. The minimum atomic E-state index is -0.101. The zero-order valence-corrected chi connectivity index (χ0v) is 16.1. The first kappa shape index (κ1) is 18.8. The lowest BCUT2D eigenvalue weighted by Crippen LogP contribution is -2.25. The Bertz CT molecular complexity index is 948. The van der Waals surface area contributed by atoms with Crippen molar-refractivity contribution in [2.24, 2.45) is 0 Å². The zero-order chi connectivity index (χ0) is 19.2. The molecular formula is C21H21N3O2S. The van der Waals surface area contributed by atoms with Gasteiger partial charge in [-0.2, -0.15) is 0 Å². The van der Waals surface area contributed by atoms with E-state index in [9.17, 15) is 9.59 Å². The predicted octanol–water partition coefficient (Wildman–Crippen LogP) is 3.94. The van der Waals surface area contributed by atoms with E-state index in [1.807, 2.05) is 60.8 Å². The van der Waals surface area contributed by atoms with E-state index in [4.69, 9.17) is 0 Å². The van der Waals surface area contributed by atoms with Crippen LogP contribution < -0.4 is 10.6 Å². The number of nitrogens with zero attached hydrogens (tertiary/aromatic N) is 1. The summed E-state index contributed by atoms with van der Waals surface area (Å²) in [5.74, 6) is -0.146. The van der Waals surface area contributed by atoms with E-state index in [1.165, 1.54) is 18.3 Å². The second-order valence-electron chi connectivity index (χ2n) is 6.28. The van der Waals surface area contributed by atoms with E-state index in [0.717, 1.165) is 33.1 Å². The lowest BCUT2D eigenvalue weighted by atomic mass is 10.1. The van der Waals surface area contributed by atoms with E-state index in [1.54, 1.807) is 0 Å². The number of carbonyl (C=O) groups is 2. The number of hydrogen-bond donors (Lipinski definition) is 2. The first-order chi connectivity index (χ1) is 13.0. The number of amides is 2. The SMILES string of the molecule is CC(=O)Nc1ccc(-c2nc(CC(=O)NCc3ccccc3C)cs2)cc1. The number of aryl methyl sites for hydroxylation is 1. The third-order valence-electron chi connectivity index (χ3n) is 4.08. The summed E-state index contributed by atoms with van der Waals surface area (Å²) >= 11 is 1.50. The average molecular weight is 379 g/mol. The highest BCUT2D eigenvalue weighted by molar-refractivity contribution is 7.13. The Labute approximate surface area is 162 Å². The molecule has 3 rings (SSSR count). The van der Waals surface area contributed by atoms with Crippen LogP contribution in [0.5, 0.6) is 0 Å². The molecule has 0 radical (unpaired) electrons. The molecule has 27 heavy (non-hydrogen) atoms. The number of carbonyl (C=O) groups excluding carboxylic acids is 2. The van der Waals surface area contributed by atoms with Gasteiger partial charge < -0.3 is 10.6 Å². The fraction of sp³-hybridized carbons (Fsp3) is 0.190. The maximum Gasteiger partial charge on any atom is 0.226 e. The number of benzene rings is 2. The lowest BCUT2D eigenvalue weighted by molar-refractivity contribution is -0.120. The van der Waals surface area contributed by atoms with E-state index in [0.29, 0.717) is 6.54 Å². The van der Waals surface area contributed by atoms with Crippen LogP contribution in [0.4, 0.5) is 5.69 Å². The number of rotatable bonds is 6. The molecule has 2 amide bonds. The largest absolute Gasteiger partial charge is 0.352 e. The number of nitrogens with one attached hydrogen (secondary N) is 2. The van der Waals surface area contributed by atoms with Gasteiger partial charge in [0.05, 0.1) is 12.1 Å². The summed E-state index contributed by atoms with van der Waals surface area (Å²) in [4.78, 5) is 27.8. The molecule has 1 aromatic heterocycles. The van der Waals surface area contributed by atoms with Crippen LogP contribution in [0.3, 0.4) is 0 Å². The highest BCUT2D eigenvalue weighted by Gasteiger charge is 2.10.